The fraction of sp³-hybridized carbons (Fsp3) is 0.111. The molecule has 1 N–H and O–H groups in total. The van der Waals surface area contributed by atoms with Crippen LogP contribution in [0.25, 0.3) is 11.3 Å². The average molecular weight is 327 g/mol. The van der Waals surface area contributed by atoms with Crippen molar-refractivity contribution in [2.75, 3.05) is 6.54 Å². The summed E-state index contributed by atoms with van der Waals surface area (Å²) in [5.74, 6) is 0.276. The molecule has 1 heterocycles. The van der Waals surface area contributed by atoms with Gasteiger partial charge >= 0.3 is 0 Å². The van der Waals surface area contributed by atoms with E-state index in [1.54, 1.807) is 0 Å². The third kappa shape index (κ3) is 3.79. The van der Waals surface area contributed by atoms with Crippen LogP contribution in [-0.4, -0.2) is 17.6 Å². The van der Waals surface area contributed by atoms with Crippen molar-refractivity contribution in [3.05, 3.63) is 76.9 Å². The molecule has 1 amide bonds. The Morgan fingerprint density at radius 2 is 1.96 bits per heavy atom. The third-order valence-corrected chi connectivity index (χ3v) is 3.67. The van der Waals surface area contributed by atoms with Gasteiger partial charge in [-0.1, -0.05) is 59.2 Å². The van der Waals surface area contributed by atoms with Gasteiger partial charge in [0, 0.05) is 17.1 Å². The minimum atomic E-state index is -0.202. The van der Waals surface area contributed by atoms with Gasteiger partial charge in [0.1, 0.15) is 5.56 Å². The lowest BCUT2D eigenvalue weighted by Crippen LogP contribution is -2.25. The van der Waals surface area contributed by atoms with Gasteiger partial charge < -0.3 is 9.84 Å². The number of hydrogen-bond acceptors (Lipinski definition) is 3. The van der Waals surface area contributed by atoms with Gasteiger partial charge in [-0.05, 0) is 24.1 Å². The molecule has 0 aliphatic heterocycles. The van der Waals surface area contributed by atoms with Gasteiger partial charge in [0.2, 0.25) is 0 Å². The second-order valence-electron chi connectivity index (χ2n) is 5.07. The van der Waals surface area contributed by atoms with E-state index >= 15 is 0 Å². The van der Waals surface area contributed by atoms with Crippen molar-refractivity contribution in [3.8, 4) is 11.3 Å². The van der Waals surface area contributed by atoms with Crippen molar-refractivity contribution >= 4 is 17.5 Å². The molecule has 0 spiro atoms. The van der Waals surface area contributed by atoms with E-state index in [1.165, 1.54) is 6.20 Å². The molecular formula is C18H15ClN2O2. The molecule has 3 aromatic rings. The van der Waals surface area contributed by atoms with Crippen LogP contribution in [-0.2, 0) is 6.42 Å². The topological polar surface area (TPSA) is 55.1 Å². The van der Waals surface area contributed by atoms with E-state index in [0.29, 0.717) is 29.3 Å². The third-order valence-electron chi connectivity index (χ3n) is 3.44. The van der Waals surface area contributed by atoms with Crippen molar-refractivity contribution in [3.63, 3.8) is 0 Å². The lowest BCUT2D eigenvalue weighted by atomic mass is 10.1. The van der Waals surface area contributed by atoms with Crippen molar-refractivity contribution in [2.24, 2.45) is 0 Å². The second-order valence-corrected chi connectivity index (χ2v) is 5.51. The minimum Gasteiger partial charge on any atom is -0.355 e. The summed E-state index contributed by atoms with van der Waals surface area (Å²) >= 11 is 5.95. The van der Waals surface area contributed by atoms with E-state index in [0.717, 1.165) is 11.1 Å². The highest BCUT2D eigenvalue weighted by atomic mass is 35.5. The Morgan fingerprint density at radius 3 is 2.74 bits per heavy atom. The molecule has 0 aliphatic carbocycles. The SMILES string of the molecule is O=C(NCCc1cccc(Cl)c1)c1cnoc1-c1ccccc1. The van der Waals surface area contributed by atoms with Crippen LogP contribution in [0.5, 0.6) is 0 Å². The second kappa shape index (κ2) is 7.11. The number of carbonyl (C=O) groups is 1. The maximum atomic E-state index is 12.3. The number of carbonyl (C=O) groups excluding carboxylic acids is 1. The Bertz CT molecular complexity index is 800. The molecule has 0 atom stereocenters. The zero-order valence-electron chi connectivity index (χ0n) is 12.3. The van der Waals surface area contributed by atoms with E-state index < -0.39 is 0 Å². The van der Waals surface area contributed by atoms with Gasteiger partial charge in [-0.15, -0.1) is 0 Å². The molecule has 0 aliphatic rings. The summed E-state index contributed by atoms with van der Waals surface area (Å²) in [6.07, 6.45) is 2.15. The van der Waals surface area contributed by atoms with Gasteiger partial charge in [-0.25, -0.2) is 0 Å². The summed E-state index contributed by atoms with van der Waals surface area (Å²) in [5, 5.41) is 7.32. The van der Waals surface area contributed by atoms with E-state index in [1.807, 2.05) is 54.6 Å². The van der Waals surface area contributed by atoms with Gasteiger partial charge in [0.25, 0.3) is 5.91 Å². The van der Waals surface area contributed by atoms with E-state index in [-0.39, 0.29) is 5.91 Å². The molecule has 0 fully saturated rings. The number of nitrogens with zero attached hydrogens (tertiary/aromatic N) is 1. The summed E-state index contributed by atoms with van der Waals surface area (Å²) in [4.78, 5) is 12.3. The molecular weight excluding hydrogens is 312 g/mol. The van der Waals surface area contributed by atoms with Crippen molar-refractivity contribution < 1.29 is 9.32 Å². The lowest BCUT2D eigenvalue weighted by molar-refractivity contribution is 0.0954. The molecule has 4 nitrogen and oxygen atoms in total. The molecule has 0 saturated carbocycles. The Labute approximate surface area is 139 Å². The van der Waals surface area contributed by atoms with Gasteiger partial charge in [0.05, 0.1) is 6.20 Å². The molecule has 116 valence electrons. The zero-order chi connectivity index (χ0) is 16.1. The van der Waals surface area contributed by atoms with Crippen molar-refractivity contribution in [1.82, 2.24) is 10.5 Å². The zero-order valence-corrected chi connectivity index (χ0v) is 13.1. The predicted octanol–water partition coefficient (Wildman–Crippen LogP) is 3.97. The first-order chi connectivity index (χ1) is 11.2. The van der Waals surface area contributed by atoms with Crippen molar-refractivity contribution in [2.45, 2.75) is 6.42 Å². The van der Waals surface area contributed by atoms with Crippen LogP contribution in [0.4, 0.5) is 0 Å². The average Bonchev–Trinajstić information content (AvgIpc) is 3.05. The van der Waals surface area contributed by atoms with E-state index in [4.69, 9.17) is 16.1 Å². The molecule has 0 unspecified atom stereocenters. The fourth-order valence-corrected chi connectivity index (χ4v) is 2.52. The summed E-state index contributed by atoms with van der Waals surface area (Å²) in [6.45, 7) is 0.512. The van der Waals surface area contributed by atoms with Crippen LogP contribution in [0.2, 0.25) is 5.02 Å². The molecule has 23 heavy (non-hydrogen) atoms. The monoisotopic (exact) mass is 326 g/mol. The van der Waals surface area contributed by atoms with Crippen LogP contribution >= 0.6 is 11.6 Å². The van der Waals surface area contributed by atoms with Gasteiger partial charge in [0.15, 0.2) is 5.76 Å². The van der Waals surface area contributed by atoms with E-state index in [9.17, 15) is 4.79 Å². The summed E-state index contributed by atoms with van der Waals surface area (Å²) < 4.78 is 5.22. The van der Waals surface area contributed by atoms with Crippen LogP contribution in [0.1, 0.15) is 15.9 Å². The van der Waals surface area contributed by atoms with Crippen LogP contribution in [0.15, 0.2) is 65.3 Å². The highest BCUT2D eigenvalue weighted by Gasteiger charge is 2.17. The molecule has 3 rings (SSSR count). The molecule has 0 radical (unpaired) electrons. The molecule has 0 saturated heterocycles. The molecule has 0 bridgehead atoms. The number of rotatable bonds is 5. The first-order valence-electron chi connectivity index (χ1n) is 7.27. The van der Waals surface area contributed by atoms with E-state index in [2.05, 4.69) is 10.5 Å². The number of halogens is 1. The highest BCUT2D eigenvalue weighted by molar-refractivity contribution is 6.30. The summed E-state index contributed by atoms with van der Waals surface area (Å²) in [7, 11) is 0. The number of hydrogen-bond donors (Lipinski definition) is 1. The number of amides is 1. The molecule has 5 heteroatoms. The van der Waals surface area contributed by atoms with Crippen molar-refractivity contribution in [1.29, 1.82) is 0 Å². The number of benzene rings is 2. The summed E-state index contributed by atoms with van der Waals surface area (Å²) in [5.41, 5.74) is 2.33. The number of nitrogens with one attached hydrogen (secondary N) is 1. The Kier molecular flexibility index (Phi) is 4.74. The first kappa shape index (κ1) is 15.3. The Balaban J connectivity index is 1.64. The van der Waals surface area contributed by atoms with Crippen LogP contribution < -0.4 is 5.32 Å². The Morgan fingerprint density at radius 1 is 1.13 bits per heavy atom. The Hall–Kier alpha value is -2.59. The standard InChI is InChI=1S/C18H15ClN2O2/c19-15-8-4-5-13(11-15)9-10-20-18(22)16-12-21-23-17(16)14-6-2-1-3-7-14/h1-8,11-12H,9-10H2,(H,20,22). The van der Waals surface area contributed by atoms with Crippen LogP contribution in [0.3, 0.4) is 0 Å². The highest BCUT2D eigenvalue weighted by Crippen LogP contribution is 2.23. The molecule has 1 aromatic heterocycles. The quantitative estimate of drug-likeness (QED) is 0.772. The van der Waals surface area contributed by atoms with Gasteiger partial charge in [-0.2, -0.15) is 0 Å². The maximum Gasteiger partial charge on any atom is 0.256 e. The largest absolute Gasteiger partial charge is 0.355 e. The predicted molar refractivity (Wildman–Crippen MR) is 89.4 cm³/mol. The maximum absolute atomic E-state index is 12.3. The fourth-order valence-electron chi connectivity index (χ4n) is 2.31. The van der Waals surface area contributed by atoms with Gasteiger partial charge in [-0.3, -0.25) is 4.79 Å². The summed E-state index contributed by atoms with van der Waals surface area (Å²) in [6, 6.07) is 17.0. The minimum absolute atomic E-state index is 0.202. The normalized spacial score (nSPS) is 10.5. The smallest absolute Gasteiger partial charge is 0.256 e. The molecule has 2 aromatic carbocycles. The first-order valence-corrected chi connectivity index (χ1v) is 7.64. The lowest BCUT2D eigenvalue weighted by Gasteiger charge is -2.05. The number of aromatic nitrogens is 1. The van der Waals surface area contributed by atoms with Crippen LogP contribution in [0, 0.1) is 0 Å².